The molecule has 1 unspecified atom stereocenters. The first-order chi connectivity index (χ1) is 12.8. The van der Waals surface area contributed by atoms with E-state index >= 15 is 0 Å². The number of fused-ring (bicyclic) bond motifs is 1. The number of amides is 1. The summed E-state index contributed by atoms with van der Waals surface area (Å²) in [5, 5.41) is 0. The van der Waals surface area contributed by atoms with Crippen molar-refractivity contribution in [2.75, 3.05) is 44.3 Å². The van der Waals surface area contributed by atoms with Gasteiger partial charge in [-0.1, -0.05) is 55.5 Å². The predicted octanol–water partition coefficient (Wildman–Crippen LogP) is 3.06. The van der Waals surface area contributed by atoms with E-state index in [-0.39, 0.29) is 5.91 Å². The van der Waals surface area contributed by atoms with Crippen LogP contribution in [0.2, 0.25) is 0 Å². The molecule has 1 atom stereocenters. The van der Waals surface area contributed by atoms with Crippen molar-refractivity contribution >= 4 is 11.6 Å². The standard InChI is InChI=1S/C22H26N2O2/c1-2-22(18-8-4-3-5-9-18)19-10-6-7-11-20(19)24(21(22)25)13-12-23-14-16-26-17-15-23/h3-11H,2,12-17H2,1H3. The van der Waals surface area contributed by atoms with Gasteiger partial charge in [0.25, 0.3) is 0 Å². The molecule has 1 amide bonds. The van der Waals surface area contributed by atoms with Crippen LogP contribution in [0.25, 0.3) is 0 Å². The van der Waals surface area contributed by atoms with Crippen molar-refractivity contribution < 1.29 is 9.53 Å². The first-order valence-corrected chi connectivity index (χ1v) is 9.54. The highest BCUT2D eigenvalue weighted by Crippen LogP contribution is 2.48. The molecule has 0 aliphatic carbocycles. The summed E-state index contributed by atoms with van der Waals surface area (Å²) in [6.07, 6.45) is 0.765. The van der Waals surface area contributed by atoms with Crippen molar-refractivity contribution in [3.05, 3.63) is 65.7 Å². The number of carbonyl (C=O) groups is 1. The van der Waals surface area contributed by atoms with Gasteiger partial charge in [-0.05, 0) is 23.6 Å². The Morgan fingerprint density at radius 3 is 2.38 bits per heavy atom. The number of ether oxygens (including phenoxy) is 1. The predicted molar refractivity (Wildman–Crippen MR) is 104 cm³/mol. The van der Waals surface area contributed by atoms with Gasteiger partial charge >= 0.3 is 0 Å². The molecule has 4 nitrogen and oxygen atoms in total. The molecule has 4 heteroatoms. The van der Waals surface area contributed by atoms with Crippen LogP contribution in [-0.2, 0) is 14.9 Å². The fraction of sp³-hybridized carbons (Fsp3) is 0.409. The van der Waals surface area contributed by atoms with Crippen LogP contribution >= 0.6 is 0 Å². The Morgan fingerprint density at radius 2 is 1.65 bits per heavy atom. The van der Waals surface area contributed by atoms with Crippen molar-refractivity contribution in [3.8, 4) is 0 Å². The first-order valence-electron chi connectivity index (χ1n) is 9.54. The van der Waals surface area contributed by atoms with Crippen molar-refractivity contribution in [3.63, 3.8) is 0 Å². The zero-order chi connectivity index (χ0) is 18.0. The summed E-state index contributed by atoms with van der Waals surface area (Å²) in [5.74, 6) is 0.209. The smallest absolute Gasteiger partial charge is 0.242 e. The van der Waals surface area contributed by atoms with Gasteiger partial charge < -0.3 is 9.64 Å². The number of benzene rings is 2. The van der Waals surface area contributed by atoms with Crippen LogP contribution < -0.4 is 4.90 Å². The summed E-state index contributed by atoms with van der Waals surface area (Å²) in [6.45, 7) is 7.19. The molecule has 2 aromatic carbocycles. The van der Waals surface area contributed by atoms with E-state index < -0.39 is 5.41 Å². The molecule has 0 aromatic heterocycles. The summed E-state index contributed by atoms with van der Waals surface area (Å²) >= 11 is 0. The van der Waals surface area contributed by atoms with Crippen molar-refractivity contribution in [1.29, 1.82) is 0 Å². The molecule has 26 heavy (non-hydrogen) atoms. The SMILES string of the molecule is CCC1(c2ccccc2)C(=O)N(CCN2CCOCC2)c2ccccc21. The van der Waals surface area contributed by atoms with Gasteiger partial charge in [0.2, 0.25) is 5.91 Å². The third kappa shape index (κ3) is 2.74. The lowest BCUT2D eigenvalue weighted by molar-refractivity contribution is -0.122. The van der Waals surface area contributed by atoms with Gasteiger partial charge in [-0.3, -0.25) is 9.69 Å². The number of anilines is 1. The maximum absolute atomic E-state index is 13.7. The Morgan fingerprint density at radius 1 is 0.962 bits per heavy atom. The minimum Gasteiger partial charge on any atom is -0.379 e. The molecule has 2 aliphatic rings. The van der Waals surface area contributed by atoms with Gasteiger partial charge in [0.15, 0.2) is 0 Å². The van der Waals surface area contributed by atoms with Crippen LogP contribution in [0.4, 0.5) is 5.69 Å². The number of hydrogen-bond acceptors (Lipinski definition) is 3. The number of para-hydroxylation sites is 1. The number of rotatable bonds is 5. The molecule has 1 fully saturated rings. The molecule has 0 N–H and O–H groups in total. The number of carbonyl (C=O) groups excluding carboxylic acids is 1. The third-order valence-corrected chi connectivity index (χ3v) is 5.81. The Balaban J connectivity index is 1.68. The molecular weight excluding hydrogens is 324 g/mol. The zero-order valence-electron chi connectivity index (χ0n) is 15.4. The van der Waals surface area contributed by atoms with Crippen molar-refractivity contribution in [2.24, 2.45) is 0 Å². The van der Waals surface area contributed by atoms with E-state index in [1.165, 1.54) is 0 Å². The van der Waals surface area contributed by atoms with E-state index in [2.05, 4.69) is 36.1 Å². The van der Waals surface area contributed by atoms with Crippen LogP contribution in [0, 0.1) is 0 Å². The zero-order valence-corrected chi connectivity index (χ0v) is 15.4. The Labute approximate surface area is 155 Å². The second-order valence-electron chi connectivity index (χ2n) is 7.05. The average molecular weight is 350 g/mol. The normalized spacial score (nSPS) is 23.3. The molecule has 2 aromatic rings. The van der Waals surface area contributed by atoms with Crippen molar-refractivity contribution in [1.82, 2.24) is 4.90 Å². The number of morpholine rings is 1. The van der Waals surface area contributed by atoms with E-state index in [0.29, 0.717) is 0 Å². The Kier molecular flexibility index (Phi) is 4.79. The molecule has 2 heterocycles. The van der Waals surface area contributed by atoms with Gasteiger partial charge in [0.05, 0.1) is 13.2 Å². The van der Waals surface area contributed by atoms with Gasteiger partial charge in [0, 0.05) is 31.9 Å². The van der Waals surface area contributed by atoms with Gasteiger partial charge in [-0.25, -0.2) is 0 Å². The maximum Gasteiger partial charge on any atom is 0.242 e. The summed E-state index contributed by atoms with van der Waals surface area (Å²) in [7, 11) is 0. The second kappa shape index (κ2) is 7.22. The molecular formula is C22H26N2O2. The van der Waals surface area contributed by atoms with Crippen LogP contribution in [0.5, 0.6) is 0 Å². The fourth-order valence-electron chi connectivity index (χ4n) is 4.36. The summed E-state index contributed by atoms with van der Waals surface area (Å²) < 4.78 is 5.44. The van der Waals surface area contributed by atoms with Gasteiger partial charge in [-0.15, -0.1) is 0 Å². The summed E-state index contributed by atoms with van der Waals surface area (Å²) in [4.78, 5) is 18.1. The van der Waals surface area contributed by atoms with Crippen LogP contribution in [0.15, 0.2) is 54.6 Å². The monoisotopic (exact) mass is 350 g/mol. The number of hydrogen-bond donors (Lipinski definition) is 0. The Hall–Kier alpha value is -2.17. The summed E-state index contributed by atoms with van der Waals surface area (Å²) in [5.41, 5.74) is 2.73. The van der Waals surface area contributed by atoms with Gasteiger partial charge in [0.1, 0.15) is 5.41 Å². The molecule has 4 rings (SSSR count). The fourth-order valence-corrected chi connectivity index (χ4v) is 4.36. The van der Waals surface area contributed by atoms with E-state index in [4.69, 9.17) is 4.74 Å². The molecule has 0 saturated carbocycles. The molecule has 0 radical (unpaired) electrons. The quantitative estimate of drug-likeness (QED) is 0.831. The van der Waals surface area contributed by atoms with Crippen molar-refractivity contribution in [2.45, 2.75) is 18.8 Å². The van der Waals surface area contributed by atoms with E-state index in [1.54, 1.807) is 0 Å². The highest BCUT2D eigenvalue weighted by atomic mass is 16.5. The molecule has 0 bridgehead atoms. The van der Waals surface area contributed by atoms with E-state index in [0.717, 1.165) is 62.6 Å². The van der Waals surface area contributed by atoms with Gasteiger partial charge in [-0.2, -0.15) is 0 Å². The molecule has 1 saturated heterocycles. The average Bonchev–Trinajstić information content (AvgIpc) is 2.96. The molecule has 0 spiro atoms. The lowest BCUT2D eigenvalue weighted by atomic mass is 9.73. The minimum atomic E-state index is -0.567. The van der Waals surface area contributed by atoms with E-state index in [9.17, 15) is 4.79 Å². The highest BCUT2D eigenvalue weighted by molar-refractivity contribution is 6.10. The minimum absolute atomic E-state index is 0.209. The Bertz CT molecular complexity index is 771. The maximum atomic E-state index is 13.7. The lowest BCUT2D eigenvalue weighted by Crippen LogP contribution is -2.45. The third-order valence-electron chi connectivity index (χ3n) is 5.81. The van der Waals surface area contributed by atoms with Crippen LogP contribution in [0.1, 0.15) is 24.5 Å². The highest BCUT2D eigenvalue weighted by Gasteiger charge is 2.50. The topological polar surface area (TPSA) is 32.8 Å². The largest absolute Gasteiger partial charge is 0.379 e. The second-order valence-corrected chi connectivity index (χ2v) is 7.05. The van der Waals surface area contributed by atoms with Crippen LogP contribution in [0.3, 0.4) is 0 Å². The first kappa shape index (κ1) is 17.3. The summed E-state index contributed by atoms with van der Waals surface area (Å²) in [6, 6.07) is 18.5. The van der Waals surface area contributed by atoms with Crippen LogP contribution in [-0.4, -0.2) is 50.2 Å². The lowest BCUT2D eigenvalue weighted by Gasteiger charge is -2.30. The van der Waals surface area contributed by atoms with E-state index in [1.807, 2.05) is 35.2 Å². The molecule has 136 valence electrons. The molecule has 2 aliphatic heterocycles. The number of nitrogens with zero attached hydrogens (tertiary/aromatic N) is 2.